The molecule has 0 aromatic carbocycles. The van der Waals surface area contributed by atoms with Crippen LogP contribution in [0.15, 0.2) is 4.99 Å². The van der Waals surface area contributed by atoms with Crippen LogP contribution in [0.5, 0.6) is 0 Å². The summed E-state index contributed by atoms with van der Waals surface area (Å²) in [6, 6.07) is 0. The standard InChI is InChI=1S/C2H7N3.CHNS/c1-5-2(3)4;2-1-3/h1H3,(H4,3,4,5);3H. The Bertz CT molecular complexity index is 98.3. The van der Waals surface area contributed by atoms with Crippen LogP contribution >= 0.6 is 12.6 Å². The number of nitriles is 1. The van der Waals surface area contributed by atoms with Gasteiger partial charge in [-0.25, -0.2) is 0 Å². The minimum Gasteiger partial charge on any atom is -0.370 e. The minimum atomic E-state index is 0.130. The molecule has 0 unspecified atom stereocenters. The van der Waals surface area contributed by atoms with Gasteiger partial charge in [0.25, 0.3) is 0 Å². The largest absolute Gasteiger partial charge is 0.370 e. The molecule has 0 amide bonds. The van der Waals surface area contributed by atoms with E-state index in [9.17, 15) is 0 Å². The Hall–Kier alpha value is -0.890. The maximum atomic E-state index is 7.18. The lowest BCUT2D eigenvalue weighted by atomic mass is 11.1. The first-order valence-electron chi connectivity index (χ1n) is 1.70. The lowest BCUT2D eigenvalue weighted by molar-refractivity contribution is 1.36. The SMILES string of the molecule is CN=C(N)N.N#CS. The summed E-state index contributed by atoms with van der Waals surface area (Å²) in [5.74, 6) is 0.130. The molecule has 0 aromatic rings. The first-order chi connectivity index (χ1) is 3.68. The molecule has 0 bridgehead atoms. The van der Waals surface area contributed by atoms with Gasteiger partial charge >= 0.3 is 0 Å². The summed E-state index contributed by atoms with van der Waals surface area (Å²) < 4.78 is 0. The monoisotopic (exact) mass is 132 g/mol. The van der Waals surface area contributed by atoms with Gasteiger partial charge in [0.1, 0.15) is 5.40 Å². The normalized spacial score (nSPS) is 5.12. The summed E-state index contributed by atoms with van der Waals surface area (Å²) in [5.41, 5.74) is 9.64. The van der Waals surface area contributed by atoms with Crippen molar-refractivity contribution in [2.75, 3.05) is 7.05 Å². The molecule has 0 aliphatic carbocycles. The van der Waals surface area contributed by atoms with Crippen LogP contribution in [0.4, 0.5) is 0 Å². The number of thiocyanates is 1. The number of thiol groups is 1. The lowest BCUT2D eigenvalue weighted by Crippen LogP contribution is -2.21. The zero-order chi connectivity index (χ0) is 6.99. The second kappa shape index (κ2) is 9.44. The number of rotatable bonds is 0. The van der Waals surface area contributed by atoms with E-state index < -0.39 is 0 Å². The van der Waals surface area contributed by atoms with Crippen LogP contribution in [0.1, 0.15) is 0 Å². The molecule has 0 heterocycles. The molecular formula is C3H8N4S. The van der Waals surface area contributed by atoms with Crippen molar-refractivity contribution in [3.63, 3.8) is 0 Å². The van der Waals surface area contributed by atoms with Crippen molar-refractivity contribution in [2.45, 2.75) is 0 Å². The number of aliphatic imine (C=N–C) groups is 1. The molecule has 5 heteroatoms. The topological polar surface area (TPSA) is 88.2 Å². The number of guanidine groups is 1. The summed E-state index contributed by atoms with van der Waals surface area (Å²) in [5, 5.41) is 8.63. The van der Waals surface area contributed by atoms with E-state index in [-0.39, 0.29) is 5.96 Å². The highest BCUT2D eigenvalue weighted by atomic mass is 32.1. The Morgan fingerprint density at radius 2 is 1.88 bits per heavy atom. The minimum absolute atomic E-state index is 0.130. The van der Waals surface area contributed by atoms with Gasteiger partial charge in [0, 0.05) is 7.05 Å². The van der Waals surface area contributed by atoms with Crippen molar-refractivity contribution >= 4 is 18.6 Å². The predicted octanol–water partition coefficient (Wildman–Crippen LogP) is -0.713. The van der Waals surface area contributed by atoms with Crippen molar-refractivity contribution in [3.8, 4) is 5.40 Å². The Morgan fingerprint density at radius 3 is 1.88 bits per heavy atom. The molecule has 0 fully saturated rings. The van der Waals surface area contributed by atoms with Gasteiger partial charge in [0.15, 0.2) is 5.96 Å². The summed E-state index contributed by atoms with van der Waals surface area (Å²) in [6.45, 7) is 0. The van der Waals surface area contributed by atoms with Gasteiger partial charge < -0.3 is 11.5 Å². The summed E-state index contributed by atoms with van der Waals surface area (Å²) in [6.07, 6.45) is 0. The van der Waals surface area contributed by atoms with Crippen LogP contribution in [0, 0.1) is 10.7 Å². The van der Waals surface area contributed by atoms with Gasteiger partial charge in [-0.1, -0.05) is 12.6 Å². The molecule has 0 rings (SSSR count). The molecule has 0 radical (unpaired) electrons. The van der Waals surface area contributed by atoms with E-state index in [1.165, 1.54) is 12.4 Å². The van der Waals surface area contributed by atoms with Crippen LogP contribution < -0.4 is 11.5 Å². The van der Waals surface area contributed by atoms with E-state index in [0.717, 1.165) is 0 Å². The molecule has 46 valence electrons. The van der Waals surface area contributed by atoms with Crippen molar-refractivity contribution in [1.82, 2.24) is 0 Å². The van der Waals surface area contributed by atoms with Gasteiger partial charge in [-0.15, -0.1) is 0 Å². The molecule has 0 atom stereocenters. The van der Waals surface area contributed by atoms with E-state index in [0.29, 0.717) is 0 Å². The third-order valence-corrected chi connectivity index (χ3v) is 0.258. The van der Waals surface area contributed by atoms with Crippen LogP contribution in [-0.2, 0) is 0 Å². The second-order valence-corrected chi connectivity index (χ2v) is 0.948. The van der Waals surface area contributed by atoms with Crippen molar-refractivity contribution < 1.29 is 0 Å². The van der Waals surface area contributed by atoms with E-state index in [2.05, 4.69) is 17.6 Å². The first kappa shape index (κ1) is 10.2. The Kier molecular flexibility index (Phi) is 12.0. The van der Waals surface area contributed by atoms with Crippen molar-refractivity contribution in [3.05, 3.63) is 0 Å². The molecule has 0 aliphatic heterocycles. The smallest absolute Gasteiger partial charge is 0.185 e. The average Bonchev–Trinajstić information content (AvgIpc) is 1.69. The molecule has 0 spiro atoms. The molecule has 0 saturated heterocycles. The first-order valence-corrected chi connectivity index (χ1v) is 2.14. The predicted molar refractivity (Wildman–Crippen MR) is 36.3 cm³/mol. The average molecular weight is 132 g/mol. The fourth-order valence-corrected chi connectivity index (χ4v) is 0. The summed E-state index contributed by atoms with van der Waals surface area (Å²) in [7, 11) is 1.54. The molecule has 0 aliphatic rings. The quantitative estimate of drug-likeness (QED) is 0.176. The van der Waals surface area contributed by atoms with Gasteiger partial charge in [0.2, 0.25) is 0 Å². The highest BCUT2D eigenvalue weighted by molar-refractivity contribution is 7.85. The number of nitrogens with two attached hydrogens (primary N) is 2. The van der Waals surface area contributed by atoms with Crippen LogP contribution in [-0.4, -0.2) is 13.0 Å². The molecular weight excluding hydrogens is 124 g/mol. The van der Waals surface area contributed by atoms with Gasteiger partial charge in [-0.05, 0) is 0 Å². The van der Waals surface area contributed by atoms with Crippen molar-refractivity contribution in [1.29, 1.82) is 5.26 Å². The van der Waals surface area contributed by atoms with Gasteiger partial charge in [-0.2, -0.15) is 5.26 Å². The fourth-order valence-electron chi connectivity index (χ4n) is 0. The van der Waals surface area contributed by atoms with Crippen LogP contribution in [0.25, 0.3) is 0 Å². The molecule has 4 nitrogen and oxygen atoms in total. The zero-order valence-electron chi connectivity index (χ0n) is 4.50. The van der Waals surface area contributed by atoms with Gasteiger partial charge in [-0.3, -0.25) is 4.99 Å². The summed E-state index contributed by atoms with van der Waals surface area (Å²) in [4.78, 5) is 3.36. The maximum Gasteiger partial charge on any atom is 0.185 e. The Balaban J connectivity index is 0. The fraction of sp³-hybridized carbons (Fsp3) is 0.333. The lowest BCUT2D eigenvalue weighted by Gasteiger charge is -1.77. The molecule has 0 aromatic heterocycles. The highest BCUT2D eigenvalue weighted by Gasteiger charge is 1.61. The second-order valence-electron chi connectivity index (χ2n) is 0.748. The van der Waals surface area contributed by atoms with E-state index >= 15 is 0 Å². The van der Waals surface area contributed by atoms with E-state index in [1.807, 2.05) is 0 Å². The molecule has 8 heavy (non-hydrogen) atoms. The Labute approximate surface area is 53.6 Å². The molecule has 4 N–H and O–H groups in total. The Morgan fingerprint density at radius 1 is 1.75 bits per heavy atom. The van der Waals surface area contributed by atoms with Gasteiger partial charge in [0.05, 0.1) is 0 Å². The van der Waals surface area contributed by atoms with Crippen molar-refractivity contribution in [2.24, 2.45) is 16.5 Å². The third kappa shape index (κ3) is 70.1. The zero-order valence-corrected chi connectivity index (χ0v) is 5.39. The highest BCUT2D eigenvalue weighted by Crippen LogP contribution is 1.46. The number of hydrogen-bond donors (Lipinski definition) is 3. The van der Waals surface area contributed by atoms with E-state index in [4.69, 9.17) is 16.7 Å². The number of nitrogens with zero attached hydrogens (tertiary/aromatic N) is 2. The molecule has 0 saturated carbocycles. The van der Waals surface area contributed by atoms with Crippen LogP contribution in [0.2, 0.25) is 0 Å². The summed E-state index contributed by atoms with van der Waals surface area (Å²) >= 11 is 3.09. The number of hydrogen-bond acceptors (Lipinski definition) is 3. The maximum absolute atomic E-state index is 7.18. The third-order valence-electron chi connectivity index (χ3n) is 0.258. The van der Waals surface area contributed by atoms with E-state index in [1.54, 1.807) is 0 Å². The van der Waals surface area contributed by atoms with Crippen LogP contribution in [0.3, 0.4) is 0 Å².